The second kappa shape index (κ2) is 6.02. The van der Waals surface area contributed by atoms with Crippen molar-refractivity contribution in [1.82, 2.24) is 0 Å². The third-order valence-electron chi connectivity index (χ3n) is 5.84. The van der Waals surface area contributed by atoms with Gasteiger partial charge in [0.1, 0.15) is 0 Å². The van der Waals surface area contributed by atoms with E-state index >= 15 is 0 Å². The molecule has 0 radical (unpaired) electrons. The van der Waals surface area contributed by atoms with E-state index in [0.717, 1.165) is 11.8 Å². The van der Waals surface area contributed by atoms with E-state index in [4.69, 9.17) is 0 Å². The maximum Gasteiger partial charge on any atom is 0.0342 e. The fourth-order valence-electron chi connectivity index (χ4n) is 4.15. The maximum absolute atomic E-state index is 3.84. The molecule has 1 fully saturated rings. The first-order valence-electron chi connectivity index (χ1n) is 8.59. The molecule has 1 heteroatoms. The lowest BCUT2D eigenvalue weighted by Gasteiger charge is -2.49. The van der Waals surface area contributed by atoms with E-state index in [1.807, 2.05) is 0 Å². The fourth-order valence-corrected chi connectivity index (χ4v) is 4.15. The molecule has 1 aromatic carbocycles. The predicted octanol–water partition coefficient (Wildman–Crippen LogP) is 5.93. The molecule has 2 unspecified atom stereocenters. The number of benzene rings is 1. The molecule has 118 valence electrons. The van der Waals surface area contributed by atoms with Gasteiger partial charge in [0.2, 0.25) is 0 Å². The van der Waals surface area contributed by atoms with Crippen LogP contribution in [0.25, 0.3) is 0 Å². The lowest BCUT2D eigenvalue weighted by molar-refractivity contribution is 0.0666. The molecule has 0 heterocycles. The van der Waals surface area contributed by atoms with E-state index in [1.165, 1.54) is 17.7 Å². The Morgan fingerprint density at radius 3 is 2.10 bits per heavy atom. The van der Waals surface area contributed by atoms with E-state index in [9.17, 15) is 0 Å². The van der Waals surface area contributed by atoms with Crippen LogP contribution in [0.5, 0.6) is 0 Å². The zero-order valence-electron chi connectivity index (χ0n) is 14.9. The van der Waals surface area contributed by atoms with Crippen molar-refractivity contribution in [1.29, 1.82) is 0 Å². The quantitative estimate of drug-likeness (QED) is 0.726. The van der Waals surface area contributed by atoms with Gasteiger partial charge in [0, 0.05) is 11.7 Å². The number of hydrogen-bond donors (Lipinski definition) is 1. The molecule has 1 aromatic rings. The summed E-state index contributed by atoms with van der Waals surface area (Å²) in [5.41, 5.74) is 3.03. The Bertz CT molecular complexity index is 457. The van der Waals surface area contributed by atoms with E-state index in [-0.39, 0.29) is 0 Å². The number of hydrogen-bond acceptors (Lipinski definition) is 1. The van der Waals surface area contributed by atoms with Gasteiger partial charge in [-0.3, -0.25) is 0 Å². The van der Waals surface area contributed by atoms with Crippen LogP contribution in [-0.2, 0) is 0 Å². The molecule has 0 saturated heterocycles. The molecule has 0 amide bonds. The van der Waals surface area contributed by atoms with Crippen molar-refractivity contribution in [3.63, 3.8) is 0 Å². The summed E-state index contributed by atoms with van der Waals surface area (Å²) in [4.78, 5) is 0. The van der Waals surface area contributed by atoms with Crippen molar-refractivity contribution < 1.29 is 0 Å². The minimum absolute atomic E-state index is 0.349. The highest BCUT2D eigenvalue weighted by Gasteiger charge is 2.43. The topological polar surface area (TPSA) is 12.0 Å². The monoisotopic (exact) mass is 287 g/mol. The van der Waals surface area contributed by atoms with Crippen molar-refractivity contribution in [2.45, 2.75) is 66.8 Å². The summed E-state index contributed by atoms with van der Waals surface area (Å²) in [6, 6.07) is 9.58. The average Bonchev–Trinajstić information content (AvgIpc) is 2.41. The Balaban J connectivity index is 2.16. The van der Waals surface area contributed by atoms with Crippen molar-refractivity contribution in [2.75, 3.05) is 5.32 Å². The number of anilines is 1. The highest BCUT2D eigenvalue weighted by Crippen LogP contribution is 2.46. The van der Waals surface area contributed by atoms with E-state index in [0.29, 0.717) is 23.3 Å². The molecule has 0 bridgehead atoms. The highest BCUT2D eigenvalue weighted by molar-refractivity contribution is 5.46. The molecule has 2 rings (SSSR count). The van der Waals surface area contributed by atoms with Crippen molar-refractivity contribution in [3.8, 4) is 0 Å². The third kappa shape index (κ3) is 3.44. The van der Waals surface area contributed by atoms with Crippen LogP contribution in [0.2, 0.25) is 0 Å². The summed E-state index contributed by atoms with van der Waals surface area (Å²) >= 11 is 0. The van der Waals surface area contributed by atoms with Gasteiger partial charge >= 0.3 is 0 Å². The molecule has 4 atom stereocenters. The predicted molar refractivity (Wildman–Crippen MR) is 93.8 cm³/mol. The second-order valence-electron chi connectivity index (χ2n) is 8.29. The molecule has 1 nitrogen and oxygen atoms in total. The summed E-state index contributed by atoms with van der Waals surface area (Å²) in [6.07, 6.45) is 1.31. The van der Waals surface area contributed by atoms with Gasteiger partial charge in [0.25, 0.3) is 0 Å². The van der Waals surface area contributed by atoms with E-state index in [1.54, 1.807) is 0 Å². The number of nitrogens with one attached hydrogen (secondary N) is 1. The van der Waals surface area contributed by atoms with Gasteiger partial charge in [-0.05, 0) is 53.2 Å². The van der Waals surface area contributed by atoms with Gasteiger partial charge in [-0.1, -0.05) is 60.6 Å². The largest absolute Gasteiger partial charge is 0.381 e. The third-order valence-corrected chi connectivity index (χ3v) is 5.84. The summed E-state index contributed by atoms with van der Waals surface area (Å²) in [7, 11) is 0. The molecule has 21 heavy (non-hydrogen) atoms. The van der Waals surface area contributed by atoms with Crippen LogP contribution in [-0.4, -0.2) is 6.04 Å². The smallest absolute Gasteiger partial charge is 0.0342 e. The van der Waals surface area contributed by atoms with Crippen LogP contribution < -0.4 is 5.32 Å². The maximum atomic E-state index is 3.84. The standard InChI is InChI=1S/C20H33N/c1-13(2)17-8-10-18(11-9-17)21-19-16(5)15(4)14(3)12-20(19,6)7/h8-11,13-16,19,21H,12H2,1-7H3/t14-,15?,16-,19?/m1/s1. The van der Waals surface area contributed by atoms with E-state index in [2.05, 4.69) is 78.0 Å². The zero-order valence-corrected chi connectivity index (χ0v) is 14.9. The summed E-state index contributed by atoms with van der Waals surface area (Å²) in [6.45, 7) is 16.6. The van der Waals surface area contributed by atoms with Gasteiger partial charge in [0.05, 0.1) is 0 Å². The Hall–Kier alpha value is -0.980. The lowest BCUT2D eigenvalue weighted by Crippen LogP contribution is -2.50. The summed E-state index contributed by atoms with van der Waals surface area (Å²) in [5.74, 6) is 2.90. The SMILES string of the molecule is CC(C)c1ccc(NC2[C@H](C)C(C)[C@H](C)CC2(C)C)cc1. The Morgan fingerprint density at radius 1 is 1.00 bits per heavy atom. The first-order chi connectivity index (χ1) is 9.72. The van der Waals surface area contributed by atoms with Gasteiger partial charge in [0.15, 0.2) is 0 Å². The van der Waals surface area contributed by atoms with E-state index < -0.39 is 0 Å². The number of rotatable bonds is 3. The average molecular weight is 287 g/mol. The Kier molecular flexibility index (Phi) is 4.70. The van der Waals surface area contributed by atoms with Gasteiger partial charge in [-0.15, -0.1) is 0 Å². The normalized spacial score (nSPS) is 32.2. The van der Waals surface area contributed by atoms with Crippen LogP contribution in [0.15, 0.2) is 24.3 Å². The van der Waals surface area contributed by atoms with Gasteiger partial charge in [-0.25, -0.2) is 0 Å². The second-order valence-corrected chi connectivity index (χ2v) is 8.29. The van der Waals surface area contributed by atoms with Crippen molar-refractivity contribution in [2.24, 2.45) is 23.2 Å². The first-order valence-corrected chi connectivity index (χ1v) is 8.59. The van der Waals surface area contributed by atoms with Gasteiger partial charge in [-0.2, -0.15) is 0 Å². The summed E-state index contributed by atoms with van der Waals surface area (Å²) in [5, 5.41) is 3.84. The highest BCUT2D eigenvalue weighted by atomic mass is 15.0. The Morgan fingerprint density at radius 2 is 1.57 bits per heavy atom. The first kappa shape index (κ1) is 16.4. The fraction of sp³-hybridized carbons (Fsp3) is 0.700. The Labute approximate surface area is 131 Å². The van der Waals surface area contributed by atoms with Gasteiger partial charge < -0.3 is 5.32 Å². The molecule has 0 aliphatic heterocycles. The van der Waals surface area contributed by atoms with Crippen molar-refractivity contribution >= 4 is 5.69 Å². The molecular formula is C20H33N. The molecule has 1 aliphatic carbocycles. The minimum atomic E-state index is 0.349. The van der Waals surface area contributed by atoms with Crippen LogP contribution in [0.3, 0.4) is 0 Å². The molecule has 1 saturated carbocycles. The van der Waals surface area contributed by atoms with Crippen LogP contribution in [0.1, 0.15) is 66.4 Å². The molecular weight excluding hydrogens is 254 g/mol. The molecule has 1 N–H and O–H groups in total. The zero-order chi connectivity index (χ0) is 15.8. The lowest BCUT2D eigenvalue weighted by atomic mass is 9.60. The summed E-state index contributed by atoms with van der Waals surface area (Å²) < 4.78 is 0. The molecule has 1 aliphatic rings. The van der Waals surface area contributed by atoms with Crippen LogP contribution in [0.4, 0.5) is 5.69 Å². The van der Waals surface area contributed by atoms with Crippen LogP contribution >= 0.6 is 0 Å². The molecule has 0 aromatic heterocycles. The van der Waals surface area contributed by atoms with Crippen LogP contribution in [0, 0.1) is 23.2 Å². The molecule has 0 spiro atoms. The van der Waals surface area contributed by atoms with Crippen molar-refractivity contribution in [3.05, 3.63) is 29.8 Å². The minimum Gasteiger partial charge on any atom is -0.381 e.